The molecule has 0 unspecified atom stereocenters. The van der Waals surface area contributed by atoms with Crippen LogP contribution in [-0.4, -0.2) is 200 Å². The molecule has 0 fully saturated rings. The summed E-state index contributed by atoms with van der Waals surface area (Å²) in [5, 5.41) is 16.7. The molecule has 0 aliphatic rings. The minimum atomic E-state index is -2.85. The molecule has 0 aromatic carbocycles. The number of hydrogen-bond donors (Lipinski definition) is 0. The molecule has 0 aliphatic carbocycles. The van der Waals surface area contributed by atoms with Gasteiger partial charge in [-0.25, -0.2) is 11.9 Å². The summed E-state index contributed by atoms with van der Waals surface area (Å²) in [6.45, 7) is 0. The fourth-order valence-electron chi connectivity index (χ4n) is 0. The standard InChI is InChI=1S/CH2O3.5Ca.ClO3.ClO.2ClH.Na.H2O/c2-1(3)4;;;;;;2-1(3)4;1-2;;;;/h(H2,2,3,4);;;;;;;;2*1H;;1H2/q;5*+2;2*-1;;;+1;/p-5. The Morgan fingerprint density at radius 1 is 0.789 bits per heavy atom. The van der Waals surface area contributed by atoms with Crippen LogP contribution in [0.3, 0.4) is 0 Å². The first kappa shape index (κ1) is 81.9. The largest absolute Gasteiger partial charge is 2.00 e. The number of halogens is 4. The van der Waals surface area contributed by atoms with Gasteiger partial charge in [0.2, 0.25) is 0 Å². The number of rotatable bonds is 0. The molecule has 0 heterocycles. The number of carbonyl (C=O) groups is 1. The maximum absolute atomic E-state index is 8.41. The predicted octanol–water partition coefficient (Wildman–Crippen LogP) is -17.6. The number of carboxylic acid groups (broad SMARTS) is 2. The van der Waals surface area contributed by atoms with Gasteiger partial charge in [-0.2, -0.15) is 0 Å². The first-order valence-corrected chi connectivity index (χ1v) is 2.46. The molecular formula is CHCa5Cl4NaO8+4. The number of hydrogen-bond acceptors (Lipinski definition) is 8. The summed E-state index contributed by atoms with van der Waals surface area (Å²) in [6, 6.07) is 0. The molecule has 0 amide bonds. The van der Waals surface area contributed by atoms with E-state index in [1.54, 1.807) is 0 Å². The maximum atomic E-state index is 8.41. The fourth-order valence-corrected chi connectivity index (χ4v) is 0. The van der Waals surface area contributed by atoms with E-state index in [0.29, 0.717) is 0 Å². The monoisotopic (exact) mass is 504 g/mol. The average molecular weight is 506 g/mol. The second kappa shape index (κ2) is 83.9. The van der Waals surface area contributed by atoms with Gasteiger partial charge >= 0.3 is 218 Å². The van der Waals surface area contributed by atoms with Crippen LogP contribution in [0.15, 0.2) is 0 Å². The number of carbonyl (C=O) groups excluding carboxylic acids is 1. The van der Waals surface area contributed by atoms with Crippen LogP contribution >= 0.6 is 11.9 Å². The van der Waals surface area contributed by atoms with Crippen LogP contribution in [-0.2, 0) is 0 Å². The first-order valence-electron chi connectivity index (χ1n) is 1.23. The summed E-state index contributed by atoms with van der Waals surface area (Å²) in [5.74, 6) is 0. The molecule has 0 atom stereocenters. The molecule has 0 spiro atoms. The Labute approximate surface area is 302 Å². The summed E-state index contributed by atoms with van der Waals surface area (Å²) in [5.41, 5.74) is 0. The third kappa shape index (κ3) is 249. The van der Waals surface area contributed by atoms with Crippen molar-refractivity contribution >= 4 is 207 Å². The molecule has 0 saturated heterocycles. The summed E-state index contributed by atoms with van der Waals surface area (Å²) < 4.78 is 32.9. The average Bonchev–Trinajstić information content (AvgIpc) is 1.66. The minimum Gasteiger partial charge on any atom is -1.00 e. The van der Waals surface area contributed by atoms with Gasteiger partial charge in [0.05, 0.1) is 10.8 Å². The van der Waals surface area contributed by atoms with Crippen molar-refractivity contribution in [1.82, 2.24) is 0 Å². The molecule has 88 valence electrons. The Hall–Kier alpha value is 7.53. The smallest absolute Gasteiger partial charge is 1.00 e. The van der Waals surface area contributed by atoms with Gasteiger partial charge in [-0.3, -0.25) is 0 Å². The molecule has 8 nitrogen and oxygen atoms in total. The van der Waals surface area contributed by atoms with Crippen LogP contribution in [0.2, 0.25) is 0 Å². The summed E-state index contributed by atoms with van der Waals surface area (Å²) in [7, 11) is -2.85. The van der Waals surface area contributed by atoms with Gasteiger partial charge in [-0.1, -0.05) is 0 Å². The third-order valence-electron chi connectivity index (χ3n) is 0. The van der Waals surface area contributed by atoms with Crippen LogP contribution in [0.5, 0.6) is 0 Å². The van der Waals surface area contributed by atoms with E-state index < -0.39 is 16.9 Å². The SMILES string of the molecule is O=C([O-])[O-].[Ca+2].[Ca+2].[Ca+2].[Ca+2].[Ca+2].[Cl-].[Cl-].[Na+].[O-]Cl.[O-][Cl+2]([O-])[O-].[OH-]. The Bertz CT molecular complexity index is 81.4. The van der Waals surface area contributed by atoms with Gasteiger partial charge in [-0.15, -0.1) is 0 Å². The third-order valence-corrected chi connectivity index (χ3v) is 0. The summed E-state index contributed by atoms with van der Waals surface area (Å²) in [4.78, 5) is 8.33. The Morgan fingerprint density at radius 3 is 0.789 bits per heavy atom. The van der Waals surface area contributed by atoms with Crippen molar-refractivity contribution < 1.29 is 104 Å². The van der Waals surface area contributed by atoms with E-state index in [9.17, 15) is 0 Å². The summed E-state index contributed by atoms with van der Waals surface area (Å²) in [6.07, 6.45) is -2.33. The maximum Gasteiger partial charge on any atom is 2.00 e. The van der Waals surface area contributed by atoms with E-state index in [0.717, 1.165) is 0 Å². The van der Waals surface area contributed by atoms with E-state index in [2.05, 4.69) is 11.9 Å². The second-order valence-electron chi connectivity index (χ2n) is 0.439. The molecular weight excluding hydrogens is 505 g/mol. The van der Waals surface area contributed by atoms with Gasteiger partial charge < -0.3 is 63.9 Å². The van der Waals surface area contributed by atoms with Crippen LogP contribution < -0.4 is 83.2 Å². The molecule has 1 N–H and O–H groups in total. The fraction of sp³-hybridized carbons (Fsp3) is 0. The van der Waals surface area contributed by atoms with E-state index in [1.165, 1.54) is 0 Å². The van der Waals surface area contributed by atoms with Crippen molar-refractivity contribution in [1.29, 1.82) is 0 Å². The molecule has 18 heteroatoms. The quantitative estimate of drug-likeness (QED) is 0.290. The predicted molar refractivity (Wildman–Crippen MR) is 42.0 cm³/mol. The second-order valence-corrected chi connectivity index (χ2v) is 0.817. The van der Waals surface area contributed by atoms with Crippen molar-refractivity contribution in [2.75, 3.05) is 0 Å². The van der Waals surface area contributed by atoms with Gasteiger partial charge in [0.1, 0.15) is 0 Å². The van der Waals surface area contributed by atoms with Gasteiger partial charge in [0, 0.05) is 0 Å². The van der Waals surface area contributed by atoms with Crippen LogP contribution in [0.1, 0.15) is 0 Å². The molecule has 0 bridgehead atoms. The van der Waals surface area contributed by atoms with Gasteiger partial charge in [0.25, 0.3) is 0 Å². The van der Waals surface area contributed by atoms with E-state index >= 15 is 0 Å². The van der Waals surface area contributed by atoms with E-state index in [-0.39, 0.29) is 249 Å². The topological polar surface area (TPSA) is 185 Å². The zero-order valence-electron chi connectivity index (χ0n) is 9.85. The van der Waals surface area contributed by atoms with Crippen molar-refractivity contribution in [3.8, 4) is 0 Å². The van der Waals surface area contributed by atoms with Crippen LogP contribution in [0, 0.1) is 10.8 Å². The van der Waals surface area contributed by atoms with Crippen molar-refractivity contribution in [3.63, 3.8) is 0 Å². The molecule has 0 radical (unpaired) electrons. The molecule has 0 rings (SSSR count). The molecule has 0 aliphatic heterocycles. The van der Waals surface area contributed by atoms with Crippen molar-refractivity contribution in [2.24, 2.45) is 0 Å². The zero-order chi connectivity index (χ0) is 9.15. The Balaban J connectivity index is -0.00000000321. The minimum absolute atomic E-state index is 0. The van der Waals surface area contributed by atoms with Gasteiger partial charge in [0.15, 0.2) is 0 Å². The summed E-state index contributed by atoms with van der Waals surface area (Å²) >= 11 is 3.39. The normalized spacial score (nSPS) is 3.47. The molecule has 0 aromatic heterocycles. The van der Waals surface area contributed by atoms with Crippen LogP contribution in [0.25, 0.3) is 0 Å². The zero-order valence-corrected chi connectivity index (χ0v) is 25.9. The molecule has 0 saturated carbocycles. The van der Waals surface area contributed by atoms with Crippen molar-refractivity contribution in [3.05, 3.63) is 0 Å². The van der Waals surface area contributed by atoms with E-state index in [4.69, 9.17) is 33.6 Å². The first-order chi connectivity index (χ1) is 4.46. The molecule has 19 heavy (non-hydrogen) atoms. The van der Waals surface area contributed by atoms with Crippen LogP contribution in [0.4, 0.5) is 4.79 Å². The van der Waals surface area contributed by atoms with Gasteiger partial charge in [-0.05, 0) is 6.16 Å². The molecule has 0 aromatic rings. The van der Waals surface area contributed by atoms with Crippen molar-refractivity contribution in [2.45, 2.75) is 0 Å². The Morgan fingerprint density at radius 2 is 0.789 bits per heavy atom. The Kier molecular flexibility index (Phi) is 362. The van der Waals surface area contributed by atoms with E-state index in [1.807, 2.05) is 0 Å².